The second-order valence-corrected chi connectivity index (χ2v) is 3.69. The van der Waals surface area contributed by atoms with Crippen LogP contribution >= 0.6 is 15.9 Å². The first-order chi connectivity index (χ1) is 6.29. The maximum Gasteiger partial charge on any atom is 0.126 e. The summed E-state index contributed by atoms with van der Waals surface area (Å²) in [4.78, 5) is 0. The Labute approximate surface area is 86.5 Å². The molecule has 1 aromatic heterocycles. The molecule has 0 aromatic carbocycles. The van der Waals surface area contributed by atoms with Crippen LogP contribution in [0.1, 0.15) is 5.76 Å². The van der Waals surface area contributed by atoms with Crippen LogP contribution in [-0.2, 0) is 0 Å². The van der Waals surface area contributed by atoms with Crippen molar-refractivity contribution in [3.8, 4) is 0 Å². The van der Waals surface area contributed by atoms with E-state index in [0.717, 1.165) is 23.3 Å². The van der Waals surface area contributed by atoms with Gasteiger partial charge in [0.2, 0.25) is 0 Å². The maximum atomic E-state index is 5.12. The van der Waals surface area contributed by atoms with Crippen molar-refractivity contribution < 1.29 is 4.42 Å². The Morgan fingerprint density at radius 3 is 3.15 bits per heavy atom. The van der Waals surface area contributed by atoms with Gasteiger partial charge < -0.3 is 9.73 Å². The van der Waals surface area contributed by atoms with Crippen LogP contribution in [0.3, 0.4) is 0 Å². The van der Waals surface area contributed by atoms with Gasteiger partial charge in [0.1, 0.15) is 5.76 Å². The van der Waals surface area contributed by atoms with Crippen molar-refractivity contribution in [3.05, 3.63) is 41.3 Å². The zero-order valence-electron chi connectivity index (χ0n) is 7.29. The molecule has 0 aliphatic carbocycles. The molecule has 0 spiro atoms. The Kier molecular flexibility index (Phi) is 4.57. The standard InChI is InChI=1S/C10H12BrNO/c1-9(11)8-12-6-2-4-10-5-3-7-13-10/h2-5,7,12H,1,6,8H2/b4-2+. The highest BCUT2D eigenvalue weighted by Crippen LogP contribution is 2.01. The number of rotatable bonds is 5. The molecule has 1 heterocycles. The second kappa shape index (κ2) is 5.78. The SMILES string of the molecule is C=C(Br)CNC/C=C/c1ccco1. The van der Waals surface area contributed by atoms with Gasteiger partial charge in [-0.2, -0.15) is 0 Å². The first kappa shape index (κ1) is 10.3. The van der Waals surface area contributed by atoms with Crippen molar-refractivity contribution in [2.75, 3.05) is 13.1 Å². The molecule has 0 amide bonds. The van der Waals surface area contributed by atoms with Crippen LogP contribution < -0.4 is 5.32 Å². The summed E-state index contributed by atoms with van der Waals surface area (Å²) in [6.07, 6.45) is 5.60. The molecule has 1 N–H and O–H groups in total. The average molecular weight is 242 g/mol. The van der Waals surface area contributed by atoms with Gasteiger partial charge in [0, 0.05) is 17.6 Å². The van der Waals surface area contributed by atoms with Gasteiger partial charge in [-0.15, -0.1) is 0 Å². The Morgan fingerprint density at radius 1 is 1.69 bits per heavy atom. The fourth-order valence-electron chi connectivity index (χ4n) is 0.852. The minimum atomic E-state index is 0.780. The zero-order valence-corrected chi connectivity index (χ0v) is 8.88. The van der Waals surface area contributed by atoms with Gasteiger partial charge in [0.15, 0.2) is 0 Å². The summed E-state index contributed by atoms with van der Waals surface area (Å²) in [5.74, 6) is 0.875. The molecule has 0 atom stereocenters. The third-order valence-electron chi connectivity index (χ3n) is 1.40. The first-order valence-electron chi connectivity index (χ1n) is 4.03. The van der Waals surface area contributed by atoms with E-state index in [1.54, 1.807) is 6.26 Å². The van der Waals surface area contributed by atoms with E-state index < -0.39 is 0 Å². The van der Waals surface area contributed by atoms with Gasteiger partial charge in [-0.1, -0.05) is 28.6 Å². The van der Waals surface area contributed by atoms with E-state index in [9.17, 15) is 0 Å². The number of nitrogens with one attached hydrogen (secondary N) is 1. The van der Waals surface area contributed by atoms with Crippen LogP contribution in [0.15, 0.2) is 40.0 Å². The lowest BCUT2D eigenvalue weighted by Gasteiger charge is -1.96. The molecule has 3 heteroatoms. The summed E-state index contributed by atoms with van der Waals surface area (Å²) in [5, 5.41) is 3.17. The van der Waals surface area contributed by atoms with Crippen LogP contribution in [0.4, 0.5) is 0 Å². The predicted octanol–water partition coefficient (Wildman–Crippen LogP) is 2.79. The molecule has 13 heavy (non-hydrogen) atoms. The molecule has 0 fully saturated rings. The van der Waals surface area contributed by atoms with E-state index in [1.807, 2.05) is 24.3 Å². The Balaban J connectivity index is 2.16. The Bertz CT molecular complexity index is 277. The topological polar surface area (TPSA) is 25.2 Å². The fraction of sp³-hybridized carbons (Fsp3) is 0.200. The molecule has 0 unspecified atom stereocenters. The fourth-order valence-corrected chi connectivity index (χ4v) is 1.05. The van der Waals surface area contributed by atoms with E-state index in [4.69, 9.17) is 4.42 Å². The van der Waals surface area contributed by atoms with Gasteiger partial charge in [-0.3, -0.25) is 0 Å². The largest absolute Gasteiger partial charge is 0.465 e. The average Bonchev–Trinajstić information content (AvgIpc) is 2.55. The molecule has 2 nitrogen and oxygen atoms in total. The molecule has 0 radical (unpaired) electrons. The lowest BCUT2D eigenvalue weighted by molar-refractivity contribution is 0.557. The minimum absolute atomic E-state index is 0.780. The van der Waals surface area contributed by atoms with Crippen LogP contribution in [0.5, 0.6) is 0 Å². The summed E-state index contributed by atoms with van der Waals surface area (Å²) in [5.41, 5.74) is 0. The quantitative estimate of drug-likeness (QED) is 0.803. The highest BCUT2D eigenvalue weighted by molar-refractivity contribution is 9.11. The molecule has 0 saturated heterocycles. The zero-order chi connectivity index (χ0) is 9.52. The van der Waals surface area contributed by atoms with Crippen LogP contribution in [0.25, 0.3) is 6.08 Å². The van der Waals surface area contributed by atoms with Crippen molar-refractivity contribution in [1.29, 1.82) is 0 Å². The monoisotopic (exact) mass is 241 g/mol. The van der Waals surface area contributed by atoms with E-state index in [2.05, 4.69) is 27.8 Å². The highest BCUT2D eigenvalue weighted by atomic mass is 79.9. The van der Waals surface area contributed by atoms with E-state index in [-0.39, 0.29) is 0 Å². The maximum absolute atomic E-state index is 5.12. The Morgan fingerprint density at radius 2 is 2.54 bits per heavy atom. The van der Waals surface area contributed by atoms with Crippen molar-refractivity contribution in [2.45, 2.75) is 0 Å². The smallest absolute Gasteiger partial charge is 0.126 e. The first-order valence-corrected chi connectivity index (χ1v) is 4.82. The van der Waals surface area contributed by atoms with E-state index in [0.29, 0.717) is 0 Å². The number of hydrogen-bond acceptors (Lipinski definition) is 2. The van der Waals surface area contributed by atoms with Gasteiger partial charge in [0.25, 0.3) is 0 Å². The van der Waals surface area contributed by atoms with Crippen LogP contribution in [0, 0.1) is 0 Å². The second-order valence-electron chi connectivity index (χ2n) is 2.57. The molecule has 0 saturated carbocycles. The summed E-state index contributed by atoms with van der Waals surface area (Å²) >= 11 is 3.27. The lowest BCUT2D eigenvalue weighted by Crippen LogP contribution is -2.14. The number of hydrogen-bond donors (Lipinski definition) is 1. The number of furan rings is 1. The third-order valence-corrected chi connectivity index (χ3v) is 1.68. The molecule has 1 rings (SSSR count). The lowest BCUT2D eigenvalue weighted by atomic mass is 10.4. The minimum Gasteiger partial charge on any atom is -0.465 e. The molecule has 0 aliphatic rings. The summed E-state index contributed by atoms with van der Waals surface area (Å²) in [6, 6.07) is 3.79. The molecule has 0 bridgehead atoms. The summed E-state index contributed by atoms with van der Waals surface area (Å²) in [7, 11) is 0. The molecule has 70 valence electrons. The van der Waals surface area contributed by atoms with Crippen LogP contribution in [-0.4, -0.2) is 13.1 Å². The van der Waals surface area contributed by atoms with E-state index in [1.165, 1.54) is 0 Å². The number of halogens is 1. The van der Waals surface area contributed by atoms with Crippen molar-refractivity contribution in [3.63, 3.8) is 0 Å². The molecule has 0 aliphatic heterocycles. The molecule has 1 aromatic rings. The van der Waals surface area contributed by atoms with Gasteiger partial charge >= 0.3 is 0 Å². The van der Waals surface area contributed by atoms with E-state index >= 15 is 0 Å². The molecular weight excluding hydrogens is 230 g/mol. The van der Waals surface area contributed by atoms with Crippen molar-refractivity contribution in [2.24, 2.45) is 0 Å². The van der Waals surface area contributed by atoms with Crippen molar-refractivity contribution >= 4 is 22.0 Å². The van der Waals surface area contributed by atoms with Crippen LogP contribution in [0.2, 0.25) is 0 Å². The van der Waals surface area contributed by atoms with Gasteiger partial charge in [-0.05, 0) is 18.2 Å². The normalized spacial score (nSPS) is 10.8. The van der Waals surface area contributed by atoms with Gasteiger partial charge in [-0.25, -0.2) is 0 Å². The summed E-state index contributed by atoms with van der Waals surface area (Å²) in [6.45, 7) is 5.31. The summed E-state index contributed by atoms with van der Waals surface area (Å²) < 4.78 is 6.08. The Hall–Kier alpha value is -0.800. The third kappa shape index (κ3) is 4.70. The predicted molar refractivity (Wildman–Crippen MR) is 58.7 cm³/mol. The van der Waals surface area contributed by atoms with Crippen molar-refractivity contribution in [1.82, 2.24) is 5.32 Å². The molecular formula is C10H12BrNO. The van der Waals surface area contributed by atoms with Gasteiger partial charge in [0.05, 0.1) is 6.26 Å². The highest BCUT2D eigenvalue weighted by Gasteiger charge is 1.87.